The van der Waals surface area contributed by atoms with Crippen LogP contribution in [0.5, 0.6) is 0 Å². The zero-order valence-corrected chi connectivity index (χ0v) is 13.7. The molecule has 1 aromatic rings. The summed E-state index contributed by atoms with van der Waals surface area (Å²) in [5, 5.41) is 9.02. The van der Waals surface area contributed by atoms with E-state index in [-0.39, 0.29) is 18.1 Å². The van der Waals surface area contributed by atoms with Crippen molar-refractivity contribution in [3.63, 3.8) is 0 Å². The maximum Gasteiger partial charge on any atom is 0.311 e. The van der Waals surface area contributed by atoms with Crippen molar-refractivity contribution < 1.29 is 19.1 Å². The number of rotatable bonds is 6. The lowest BCUT2D eigenvalue weighted by Crippen LogP contribution is -2.38. The number of carboxylic acids is 1. The summed E-state index contributed by atoms with van der Waals surface area (Å²) in [6.07, 6.45) is 9.59. The molecule has 0 spiro atoms. The molecule has 0 bridgehead atoms. The molecule has 5 nitrogen and oxygen atoms in total. The first-order chi connectivity index (χ1) is 11.1. The second-order valence-corrected chi connectivity index (χ2v) is 6.98. The number of nitrogens with zero attached hydrogens (tertiary/aromatic N) is 1. The van der Waals surface area contributed by atoms with Gasteiger partial charge in [-0.3, -0.25) is 9.59 Å². The molecule has 1 N–H and O–H groups in total. The third-order valence-electron chi connectivity index (χ3n) is 5.00. The maximum atomic E-state index is 13.1. The Morgan fingerprint density at radius 2 is 1.91 bits per heavy atom. The van der Waals surface area contributed by atoms with Crippen LogP contribution in [0.3, 0.4) is 0 Å². The number of hydrogen-bond donors (Lipinski definition) is 1. The van der Waals surface area contributed by atoms with E-state index in [1.807, 2.05) is 11.8 Å². The molecule has 0 unspecified atom stereocenters. The van der Waals surface area contributed by atoms with Gasteiger partial charge in [0.15, 0.2) is 0 Å². The number of carboxylic acid groups (broad SMARTS) is 1. The van der Waals surface area contributed by atoms with E-state index in [2.05, 4.69) is 0 Å². The van der Waals surface area contributed by atoms with Gasteiger partial charge in [-0.25, -0.2) is 0 Å². The Morgan fingerprint density at radius 3 is 2.52 bits per heavy atom. The molecule has 1 heterocycles. The predicted molar refractivity (Wildman–Crippen MR) is 85.4 cm³/mol. The Balaban J connectivity index is 1.78. The van der Waals surface area contributed by atoms with Crippen molar-refractivity contribution in [2.24, 2.45) is 5.92 Å². The Kier molecular flexibility index (Phi) is 4.74. The highest BCUT2D eigenvalue weighted by molar-refractivity contribution is 5.97. The quantitative estimate of drug-likeness (QED) is 0.872. The molecule has 2 fully saturated rings. The van der Waals surface area contributed by atoms with Crippen LogP contribution in [0.2, 0.25) is 0 Å². The molecule has 0 aromatic carbocycles. The lowest BCUT2D eigenvalue weighted by molar-refractivity contribution is -0.136. The zero-order valence-electron chi connectivity index (χ0n) is 13.7. The monoisotopic (exact) mass is 319 g/mol. The summed E-state index contributed by atoms with van der Waals surface area (Å²) in [7, 11) is 0. The molecule has 2 saturated carbocycles. The summed E-state index contributed by atoms with van der Waals surface area (Å²) in [5.74, 6) is -0.142. The summed E-state index contributed by atoms with van der Waals surface area (Å²) in [5.41, 5.74) is 1.20. The molecule has 0 radical (unpaired) electrons. The van der Waals surface area contributed by atoms with E-state index in [4.69, 9.17) is 9.52 Å². The molecular formula is C18H25NO4. The van der Waals surface area contributed by atoms with Crippen LogP contribution in [0.4, 0.5) is 0 Å². The molecule has 0 atom stereocenters. The number of aryl methyl sites for hydroxylation is 1. The van der Waals surface area contributed by atoms with Crippen LogP contribution in [-0.4, -0.2) is 34.5 Å². The van der Waals surface area contributed by atoms with Crippen LogP contribution in [-0.2, 0) is 11.2 Å². The van der Waals surface area contributed by atoms with Crippen LogP contribution in [0.15, 0.2) is 10.7 Å². The summed E-state index contributed by atoms with van der Waals surface area (Å²) in [6, 6.07) is 0.330. The number of carbonyl (C=O) groups is 2. The van der Waals surface area contributed by atoms with Crippen LogP contribution < -0.4 is 0 Å². The topological polar surface area (TPSA) is 70.7 Å². The van der Waals surface area contributed by atoms with Gasteiger partial charge in [0.25, 0.3) is 5.91 Å². The second kappa shape index (κ2) is 6.77. The number of amides is 1. The third kappa shape index (κ3) is 3.77. The number of carbonyl (C=O) groups excluding carboxylic acids is 1. The van der Waals surface area contributed by atoms with Gasteiger partial charge in [0, 0.05) is 18.2 Å². The van der Waals surface area contributed by atoms with Gasteiger partial charge in [-0.2, -0.15) is 0 Å². The molecule has 23 heavy (non-hydrogen) atoms. The summed E-state index contributed by atoms with van der Waals surface area (Å²) >= 11 is 0. The molecular weight excluding hydrogens is 294 g/mol. The molecule has 2 aliphatic carbocycles. The number of furan rings is 1. The fraction of sp³-hybridized carbons (Fsp3) is 0.667. The van der Waals surface area contributed by atoms with Gasteiger partial charge >= 0.3 is 5.97 Å². The van der Waals surface area contributed by atoms with Crippen molar-refractivity contribution >= 4 is 11.9 Å². The predicted octanol–water partition coefficient (Wildman–Crippen LogP) is 3.40. The van der Waals surface area contributed by atoms with Crippen molar-refractivity contribution in [1.82, 2.24) is 4.90 Å². The van der Waals surface area contributed by atoms with E-state index in [0.29, 0.717) is 17.5 Å². The van der Waals surface area contributed by atoms with Gasteiger partial charge in [-0.15, -0.1) is 0 Å². The van der Waals surface area contributed by atoms with Gasteiger partial charge in [-0.1, -0.05) is 19.3 Å². The van der Waals surface area contributed by atoms with E-state index in [1.165, 1.54) is 38.4 Å². The molecule has 0 aliphatic heterocycles. The van der Waals surface area contributed by atoms with Crippen molar-refractivity contribution in [1.29, 1.82) is 0 Å². The largest absolute Gasteiger partial charge is 0.481 e. The van der Waals surface area contributed by atoms with E-state index in [0.717, 1.165) is 24.9 Å². The van der Waals surface area contributed by atoms with Crippen LogP contribution in [0, 0.1) is 12.8 Å². The van der Waals surface area contributed by atoms with Crippen LogP contribution in [0.1, 0.15) is 66.6 Å². The second-order valence-electron chi connectivity index (χ2n) is 6.98. The Morgan fingerprint density at radius 1 is 1.22 bits per heavy atom. The molecule has 1 aromatic heterocycles. The van der Waals surface area contributed by atoms with Gasteiger partial charge in [-0.05, 0) is 38.5 Å². The fourth-order valence-corrected chi connectivity index (χ4v) is 3.63. The number of aliphatic carboxylic acids is 1. The minimum absolute atomic E-state index is 0.0411. The molecule has 5 heteroatoms. The zero-order chi connectivity index (χ0) is 16.4. The van der Waals surface area contributed by atoms with Crippen molar-refractivity contribution in [3.05, 3.63) is 23.2 Å². The Bertz CT molecular complexity index is 582. The summed E-state index contributed by atoms with van der Waals surface area (Å²) in [6.45, 7) is 2.62. The van der Waals surface area contributed by atoms with Crippen molar-refractivity contribution in [3.8, 4) is 0 Å². The molecule has 2 aliphatic rings. The summed E-state index contributed by atoms with van der Waals surface area (Å²) in [4.78, 5) is 26.0. The normalized spacial score (nSPS) is 18.8. The van der Waals surface area contributed by atoms with Crippen LogP contribution in [0.25, 0.3) is 0 Å². The lowest BCUT2D eigenvalue weighted by Gasteiger charge is -2.30. The SMILES string of the molecule is Cc1coc(CC(=O)O)c1C(=O)N(CC1CCCCC1)C1CC1. The van der Waals surface area contributed by atoms with Gasteiger partial charge in [0.05, 0.1) is 11.8 Å². The minimum atomic E-state index is -0.973. The number of hydrogen-bond acceptors (Lipinski definition) is 3. The summed E-state index contributed by atoms with van der Waals surface area (Å²) < 4.78 is 5.34. The highest BCUT2D eigenvalue weighted by Gasteiger charge is 2.36. The van der Waals surface area contributed by atoms with Gasteiger partial charge in [0.1, 0.15) is 12.2 Å². The average molecular weight is 319 g/mol. The maximum absolute atomic E-state index is 13.1. The van der Waals surface area contributed by atoms with Gasteiger partial charge in [0.2, 0.25) is 0 Å². The van der Waals surface area contributed by atoms with Crippen LogP contribution >= 0.6 is 0 Å². The Hall–Kier alpha value is -1.78. The standard InChI is InChI=1S/C18H25NO4/c1-12-11-23-15(9-16(20)21)17(12)18(22)19(14-7-8-14)10-13-5-3-2-4-6-13/h11,13-14H,2-10H2,1H3,(H,20,21). The van der Waals surface area contributed by atoms with E-state index in [9.17, 15) is 9.59 Å². The first kappa shape index (κ1) is 16.1. The first-order valence-corrected chi connectivity index (χ1v) is 8.66. The van der Waals surface area contributed by atoms with E-state index in [1.54, 1.807) is 0 Å². The molecule has 0 saturated heterocycles. The Labute approximate surface area is 136 Å². The average Bonchev–Trinajstić information content (AvgIpc) is 3.30. The first-order valence-electron chi connectivity index (χ1n) is 8.66. The molecule has 126 valence electrons. The van der Waals surface area contributed by atoms with E-state index < -0.39 is 5.97 Å². The molecule has 3 rings (SSSR count). The lowest BCUT2D eigenvalue weighted by atomic mass is 9.88. The van der Waals surface area contributed by atoms with Gasteiger partial charge < -0.3 is 14.4 Å². The highest BCUT2D eigenvalue weighted by atomic mass is 16.4. The van der Waals surface area contributed by atoms with Crippen molar-refractivity contribution in [2.75, 3.05) is 6.54 Å². The van der Waals surface area contributed by atoms with E-state index >= 15 is 0 Å². The van der Waals surface area contributed by atoms with Crippen molar-refractivity contribution in [2.45, 2.75) is 64.3 Å². The fourth-order valence-electron chi connectivity index (χ4n) is 3.63. The third-order valence-corrected chi connectivity index (χ3v) is 5.00. The smallest absolute Gasteiger partial charge is 0.311 e. The minimum Gasteiger partial charge on any atom is -0.481 e. The highest BCUT2D eigenvalue weighted by Crippen LogP contribution is 2.33. The molecule has 1 amide bonds.